The van der Waals surface area contributed by atoms with Crippen LogP contribution in [0.15, 0.2) is 31.4 Å². The first-order chi connectivity index (χ1) is 18.4. The largest absolute Gasteiger partial charge is 0.493 e. The average Bonchev–Trinajstić information content (AvgIpc) is 2.85. The van der Waals surface area contributed by atoms with Crippen molar-refractivity contribution in [2.75, 3.05) is 26.9 Å². The standard InChI is InChI=1S/C28H38N2O9/c1-9-11-36-25-22-19(13-17(3)24(25)35-8)14-20(16-38-18(4)32)30(27(34)37-12-10-2)23(22)21(15-31)29-26(33)39-28(5,6)7/h9-10,13,15,20-21,23H,1-2,11-12,14,16H2,3-8H3,(H,29,33)/t20-,21-,23-/m0/s1. The number of hydrogen-bond donors (Lipinski definition) is 1. The fourth-order valence-electron chi connectivity index (χ4n) is 4.41. The van der Waals surface area contributed by atoms with Crippen molar-refractivity contribution in [1.29, 1.82) is 0 Å². The number of carbonyl (C=O) groups is 4. The number of benzene rings is 1. The maximum Gasteiger partial charge on any atom is 0.411 e. The highest BCUT2D eigenvalue weighted by Gasteiger charge is 2.46. The van der Waals surface area contributed by atoms with Gasteiger partial charge in [0.05, 0.1) is 19.2 Å². The zero-order valence-corrected chi connectivity index (χ0v) is 23.4. The molecule has 0 unspecified atom stereocenters. The van der Waals surface area contributed by atoms with Crippen LogP contribution in [0.4, 0.5) is 9.59 Å². The normalized spacial score (nSPS) is 17.1. The van der Waals surface area contributed by atoms with Crippen LogP contribution in [-0.2, 0) is 30.2 Å². The summed E-state index contributed by atoms with van der Waals surface area (Å²) in [6.07, 6.45) is 2.00. The molecule has 0 saturated heterocycles. The molecule has 0 saturated carbocycles. The molecular weight excluding hydrogens is 508 g/mol. The molecule has 0 aromatic heterocycles. The van der Waals surface area contributed by atoms with Crippen LogP contribution in [0, 0.1) is 6.92 Å². The Labute approximate surface area is 229 Å². The highest BCUT2D eigenvalue weighted by Crippen LogP contribution is 2.47. The average molecular weight is 547 g/mol. The number of amides is 2. The van der Waals surface area contributed by atoms with Crippen LogP contribution < -0.4 is 14.8 Å². The van der Waals surface area contributed by atoms with Crippen LogP contribution in [0.25, 0.3) is 0 Å². The molecule has 0 fully saturated rings. The maximum absolute atomic E-state index is 13.5. The Kier molecular flexibility index (Phi) is 10.9. The predicted molar refractivity (Wildman–Crippen MR) is 143 cm³/mol. The third-order valence-corrected chi connectivity index (χ3v) is 5.72. The molecule has 1 aromatic carbocycles. The number of carbonyl (C=O) groups excluding carboxylic acids is 4. The summed E-state index contributed by atoms with van der Waals surface area (Å²) in [5.74, 6) is 0.125. The van der Waals surface area contributed by atoms with Gasteiger partial charge in [-0.1, -0.05) is 31.4 Å². The van der Waals surface area contributed by atoms with Crippen LogP contribution in [0.2, 0.25) is 0 Å². The van der Waals surface area contributed by atoms with Gasteiger partial charge in [-0.25, -0.2) is 9.59 Å². The zero-order chi connectivity index (χ0) is 29.3. The first kappa shape index (κ1) is 31.2. The molecule has 1 N–H and O–H groups in total. The van der Waals surface area contributed by atoms with Crippen molar-refractivity contribution in [2.45, 2.75) is 64.8 Å². The lowest BCUT2D eigenvalue weighted by Crippen LogP contribution is -2.57. The van der Waals surface area contributed by atoms with E-state index in [-0.39, 0.29) is 32.0 Å². The Morgan fingerprint density at radius 1 is 1.15 bits per heavy atom. The fraction of sp³-hybridized carbons (Fsp3) is 0.500. The van der Waals surface area contributed by atoms with E-state index in [0.29, 0.717) is 23.2 Å². The smallest absolute Gasteiger partial charge is 0.411 e. The number of esters is 1. The zero-order valence-electron chi connectivity index (χ0n) is 23.4. The van der Waals surface area contributed by atoms with Crippen molar-refractivity contribution in [1.82, 2.24) is 10.2 Å². The molecule has 11 nitrogen and oxygen atoms in total. The van der Waals surface area contributed by atoms with E-state index in [1.165, 1.54) is 25.0 Å². The predicted octanol–water partition coefficient (Wildman–Crippen LogP) is 3.81. The molecule has 2 amide bonds. The first-order valence-electron chi connectivity index (χ1n) is 12.5. The van der Waals surface area contributed by atoms with Gasteiger partial charge in [-0.05, 0) is 45.2 Å². The minimum Gasteiger partial charge on any atom is -0.493 e. The van der Waals surface area contributed by atoms with Crippen molar-refractivity contribution < 1.29 is 42.9 Å². The van der Waals surface area contributed by atoms with Crippen molar-refractivity contribution >= 4 is 24.4 Å². The molecule has 2 rings (SSSR count). The minimum atomic E-state index is -1.31. The topological polar surface area (TPSA) is 130 Å². The van der Waals surface area contributed by atoms with Gasteiger partial charge in [0.1, 0.15) is 37.7 Å². The summed E-state index contributed by atoms with van der Waals surface area (Å²) >= 11 is 0. The van der Waals surface area contributed by atoms with Gasteiger partial charge in [0.15, 0.2) is 11.5 Å². The molecular formula is C28H38N2O9. The number of hydrogen-bond acceptors (Lipinski definition) is 9. The van der Waals surface area contributed by atoms with Crippen molar-refractivity contribution in [3.8, 4) is 11.5 Å². The van der Waals surface area contributed by atoms with E-state index in [2.05, 4.69) is 18.5 Å². The number of fused-ring (bicyclic) bond motifs is 1. The number of rotatable bonds is 11. The van der Waals surface area contributed by atoms with E-state index < -0.39 is 41.9 Å². The summed E-state index contributed by atoms with van der Waals surface area (Å²) in [6.45, 7) is 15.2. The first-order valence-corrected chi connectivity index (χ1v) is 12.5. The van der Waals surface area contributed by atoms with Gasteiger partial charge in [-0.3, -0.25) is 9.69 Å². The van der Waals surface area contributed by atoms with Gasteiger partial charge < -0.3 is 33.8 Å². The summed E-state index contributed by atoms with van der Waals surface area (Å²) in [5.41, 5.74) is 1.04. The Morgan fingerprint density at radius 2 is 1.82 bits per heavy atom. The highest BCUT2D eigenvalue weighted by atomic mass is 16.6. The van der Waals surface area contributed by atoms with Crippen LogP contribution in [0.5, 0.6) is 11.5 Å². The van der Waals surface area contributed by atoms with Gasteiger partial charge in [0.25, 0.3) is 0 Å². The Morgan fingerprint density at radius 3 is 2.36 bits per heavy atom. The van der Waals surface area contributed by atoms with Crippen molar-refractivity contribution in [3.63, 3.8) is 0 Å². The lowest BCUT2D eigenvalue weighted by atomic mass is 9.83. The highest BCUT2D eigenvalue weighted by molar-refractivity contribution is 5.78. The number of methoxy groups -OCH3 is 1. The van der Waals surface area contributed by atoms with Crippen LogP contribution in [0.1, 0.15) is 50.4 Å². The number of alkyl carbamates (subject to hydrolysis) is 1. The second-order valence-corrected chi connectivity index (χ2v) is 9.91. The molecule has 39 heavy (non-hydrogen) atoms. The number of aldehydes is 1. The lowest BCUT2D eigenvalue weighted by Gasteiger charge is -2.44. The van der Waals surface area contributed by atoms with E-state index in [0.717, 1.165) is 5.56 Å². The SMILES string of the molecule is C=CCOC(=O)N1[C@H](COC(C)=O)Cc2cc(C)c(OC)c(OCC=C)c2[C@@H]1[C@H](C=O)NC(=O)OC(C)(C)C. The Hall–Kier alpha value is -4.02. The van der Waals surface area contributed by atoms with Gasteiger partial charge in [-0.2, -0.15) is 0 Å². The number of nitrogens with one attached hydrogen (secondary N) is 1. The van der Waals surface area contributed by atoms with Crippen LogP contribution >= 0.6 is 0 Å². The summed E-state index contributed by atoms with van der Waals surface area (Å²) < 4.78 is 27.7. The van der Waals surface area contributed by atoms with Gasteiger partial charge in [-0.15, -0.1) is 0 Å². The van der Waals surface area contributed by atoms with E-state index in [1.807, 2.05) is 13.0 Å². The Bertz CT molecular complexity index is 1090. The van der Waals surface area contributed by atoms with Gasteiger partial charge in [0.2, 0.25) is 0 Å². The molecule has 3 atom stereocenters. The summed E-state index contributed by atoms with van der Waals surface area (Å²) in [6, 6.07) is -1.35. The number of aryl methyl sites for hydroxylation is 1. The second kappa shape index (κ2) is 13.7. The maximum atomic E-state index is 13.5. The fourth-order valence-corrected chi connectivity index (χ4v) is 4.41. The van der Waals surface area contributed by atoms with E-state index >= 15 is 0 Å². The number of ether oxygens (including phenoxy) is 5. The molecule has 0 spiro atoms. The molecule has 214 valence electrons. The quantitative estimate of drug-likeness (QED) is 0.191. The summed E-state index contributed by atoms with van der Waals surface area (Å²) in [4.78, 5) is 51.8. The molecule has 1 aliphatic heterocycles. The molecule has 11 heteroatoms. The third kappa shape index (κ3) is 7.98. The second-order valence-electron chi connectivity index (χ2n) is 9.91. The third-order valence-electron chi connectivity index (χ3n) is 5.72. The summed E-state index contributed by atoms with van der Waals surface area (Å²) in [7, 11) is 1.48. The minimum absolute atomic E-state index is 0.0992. The molecule has 0 aliphatic carbocycles. The molecule has 0 radical (unpaired) electrons. The van der Waals surface area contributed by atoms with Crippen molar-refractivity contribution in [3.05, 3.63) is 48.1 Å². The number of nitrogens with zero attached hydrogens (tertiary/aromatic N) is 1. The molecule has 1 aromatic rings. The van der Waals surface area contributed by atoms with Gasteiger partial charge >= 0.3 is 18.2 Å². The van der Waals surface area contributed by atoms with E-state index in [1.54, 1.807) is 26.8 Å². The lowest BCUT2D eigenvalue weighted by molar-refractivity contribution is -0.143. The van der Waals surface area contributed by atoms with E-state index in [4.69, 9.17) is 23.7 Å². The van der Waals surface area contributed by atoms with Crippen LogP contribution in [-0.4, -0.2) is 74.0 Å². The van der Waals surface area contributed by atoms with E-state index in [9.17, 15) is 19.2 Å². The molecule has 0 bridgehead atoms. The summed E-state index contributed by atoms with van der Waals surface area (Å²) in [5, 5.41) is 2.57. The molecule has 1 aliphatic rings. The van der Waals surface area contributed by atoms with Gasteiger partial charge in [0, 0.05) is 12.5 Å². The van der Waals surface area contributed by atoms with Crippen LogP contribution in [0.3, 0.4) is 0 Å². The molecule has 1 heterocycles. The van der Waals surface area contributed by atoms with Crippen molar-refractivity contribution in [2.24, 2.45) is 0 Å². The Balaban J connectivity index is 2.82. The monoisotopic (exact) mass is 546 g/mol.